The second-order valence-corrected chi connectivity index (χ2v) is 5.29. The third kappa shape index (κ3) is 2.54. The van der Waals surface area contributed by atoms with E-state index in [0.717, 1.165) is 17.9 Å². The standard InChI is InChI=1S/C13H25NO/c1-3-5-10-15-14-8-6-13(7-9-14)11-12(13)4-2/h12H,3-11H2,1-2H3. The second kappa shape index (κ2) is 4.84. The summed E-state index contributed by atoms with van der Waals surface area (Å²) in [5, 5.41) is 2.20. The average molecular weight is 211 g/mol. The van der Waals surface area contributed by atoms with Crippen LogP contribution in [0.15, 0.2) is 0 Å². The molecule has 2 heteroatoms. The minimum Gasteiger partial charge on any atom is -0.299 e. The van der Waals surface area contributed by atoms with Gasteiger partial charge in [0.2, 0.25) is 0 Å². The maximum Gasteiger partial charge on any atom is 0.0685 e. The Bertz CT molecular complexity index is 197. The van der Waals surface area contributed by atoms with Crippen LogP contribution in [0.25, 0.3) is 0 Å². The first-order chi connectivity index (χ1) is 7.30. The van der Waals surface area contributed by atoms with Crippen LogP contribution in [-0.4, -0.2) is 24.8 Å². The number of hydroxylamine groups is 2. The Labute approximate surface area is 93.9 Å². The highest BCUT2D eigenvalue weighted by Crippen LogP contribution is 2.60. The summed E-state index contributed by atoms with van der Waals surface area (Å²) in [6.45, 7) is 7.80. The van der Waals surface area contributed by atoms with Crippen molar-refractivity contribution < 1.29 is 4.84 Å². The predicted octanol–water partition coefficient (Wildman–Crippen LogP) is 3.23. The van der Waals surface area contributed by atoms with Gasteiger partial charge in [-0.15, -0.1) is 0 Å². The lowest BCUT2D eigenvalue weighted by atomic mass is 9.91. The van der Waals surface area contributed by atoms with Crippen LogP contribution in [0.4, 0.5) is 0 Å². The van der Waals surface area contributed by atoms with Gasteiger partial charge >= 0.3 is 0 Å². The molecule has 0 aromatic heterocycles. The summed E-state index contributed by atoms with van der Waals surface area (Å²) in [5.41, 5.74) is 0.749. The smallest absolute Gasteiger partial charge is 0.0685 e. The first-order valence-corrected chi connectivity index (χ1v) is 6.68. The Kier molecular flexibility index (Phi) is 3.68. The zero-order chi connectivity index (χ0) is 10.7. The van der Waals surface area contributed by atoms with E-state index in [4.69, 9.17) is 4.84 Å². The highest BCUT2D eigenvalue weighted by Gasteiger charge is 2.53. The highest BCUT2D eigenvalue weighted by atomic mass is 16.7. The fraction of sp³-hybridized carbons (Fsp3) is 1.00. The van der Waals surface area contributed by atoms with E-state index < -0.39 is 0 Å². The Morgan fingerprint density at radius 3 is 2.53 bits per heavy atom. The molecule has 0 bridgehead atoms. The van der Waals surface area contributed by atoms with Crippen molar-refractivity contribution in [3.05, 3.63) is 0 Å². The monoisotopic (exact) mass is 211 g/mol. The quantitative estimate of drug-likeness (QED) is 0.647. The predicted molar refractivity (Wildman–Crippen MR) is 62.5 cm³/mol. The van der Waals surface area contributed by atoms with Crippen molar-refractivity contribution in [1.29, 1.82) is 0 Å². The van der Waals surface area contributed by atoms with Crippen LogP contribution in [-0.2, 0) is 4.84 Å². The van der Waals surface area contributed by atoms with Crippen LogP contribution in [0.2, 0.25) is 0 Å². The molecular formula is C13H25NO. The van der Waals surface area contributed by atoms with Gasteiger partial charge < -0.3 is 0 Å². The van der Waals surface area contributed by atoms with E-state index in [9.17, 15) is 0 Å². The first kappa shape index (κ1) is 11.4. The molecule has 1 spiro atoms. The molecular weight excluding hydrogens is 186 g/mol. The van der Waals surface area contributed by atoms with Crippen molar-refractivity contribution in [2.24, 2.45) is 11.3 Å². The van der Waals surface area contributed by atoms with E-state index in [2.05, 4.69) is 18.9 Å². The summed E-state index contributed by atoms with van der Waals surface area (Å²) < 4.78 is 0. The summed E-state index contributed by atoms with van der Waals surface area (Å²) in [7, 11) is 0. The molecule has 1 saturated carbocycles. The lowest BCUT2D eigenvalue weighted by molar-refractivity contribution is -0.177. The Hall–Kier alpha value is -0.0800. The summed E-state index contributed by atoms with van der Waals surface area (Å²) in [6, 6.07) is 0. The summed E-state index contributed by atoms with van der Waals surface area (Å²) >= 11 is 0. The lowest BCUT2D eigenvalue weighted by Gasteiger charge is -2.32. The van der Waals surface area contributed by atoms with Gasteiger partial charge in [-0.3, -0.25) is 4.84 Å². The van der Waals surface area contributed by atoms with Crippen molar-refractivity contribution in [3.63, 3.8) is 0 Å². The summed E-state index contributed by atoms with van der Waals surface area (Å²) in [4.78, 5) is 5.75. The van der Waals surface area contributed by atoms with Crippen molar-refractivity contribution in [1.82, 2.24) is 5.06 Å². The number of hydrogen-bond donors (Lipinski definition) is 0. The average Bonchev–Trinajstić information content (AvgIpc) is 2.95. The van der Waals surface area contributed by atoms with Crippen LogP contribution in [0.5, 0.6) is 0 Å². The Morgan fingerprint density at radius 2 is 2.00 bits per heavy atom. The van der Waals surface area contributed by atoms with E-state index in [0.29, 0.717) is 0 Å². The van der Waals surface area contributed by atoms with Crippen molar-refractivity contribution in [3.8, 4) is 0 Å². The van der Waals surface area contributed by atoms with Gasteiger partial charge in [-0.25, -0.2) is 0 Å². The van der Waals surface area contributed by atoms with Gasteiger partial charge in [0.15, 0.2) is 0 Å². The van der Waals surface area contributed by atoms with Crippen LogP contribution >= 0.6 is 0 Å². The van der Waals surface area contributed by atoms with Gasteiger partial charge in [0.05, 0.1) is 6.61 Å². The molecule has 1 atom stereocenters. The Morgan fingerprint density at radius 1 is 1.27 bits per heavy atom. The largest absolute Gasteiger partial charge is 0.299 e. The van der Waals surface area contributed by atoms with Gasteiger partial charge in [0.1, 0.15) is 0 Å². The Balaban J connectivity index is 1.65. The molecule has 1 aliphatic heterocycles. The SMILES string of the molecule is CCCCON1CCC2(CC1)CC2CC. The van der Waals surface area contributed by atoms with Crippen LogP contribution in [0.3, 0.4) is 0 Å². The van der Waals surface area contributed by atoms with Crippen LogP contribution < -0.4 is 0 Å². The summed E-state index contributed by atoms with van der Waals surface area (Å²) in [6.07, 6.45) is 8.05. The van der Waals surface area contributed by atoms with Gasteiger partial charge in [-0.05, 0) is 37.0 Å². The van der Waals surface area contributed by atoms with Gasteiger partial charge in [0, 0.05) is 13.1 Å². The molecule has 0 aromatic carbocycles. The zero-order valence-corrected chi connectivity index (χ0v) is 10.3. The highest BCUT2D eigenvalue weighted by molar-refractivity contribution is 5.03. The molecule has 1 unspecified atom stereocenters. The molecule has 1 saturated heterocycles. The van der Waals surface area contributed by atoms with E-state index in [-0.39, 0.29) is 0 Å². The number of unbranched alkanes of at least 4 members (excludes halogenated alkanes) is 1. The van der Waals surface area contributed by atoms with E-state index >= 15 is 0 Å². The minimum atomic E-state index is 0.749. The van der Waals surface area contributed by atoms with Crippen molar-refractivity contribution in [2.75, 3.05) is 19.7 Å². The van der Waals surface area contributed by atoms with E-state index in [1.165, 1.54) is 51.6 Å². The molecule has 2 aliphatic rings. The molecule has 0 amide bonds. The maximum atomic E-state index is 5.75. The molecule has 0 N–H and O–H groups in total. The van der Waals surface area contributed by atoms with Crippen LogP contribution in [0.1, 0.15) is 52.4 Å². The molecule has 1 heterocycles. The minimum absolute atomic E-state index is 0.749. The van der Waals surface area contributed by atoms with Gasteiger partial charge in [-0.2, -0.15) is 5.06 Å². The van der Waals surface area contributed by atoms with Crippen molar-refractivity contribution >= 4 is 0 Å². The zero-order valence-electron chi connectivity index (χ0n) is 10.3. The maximum absolute atomic E-state index is 5.75. The van der Waals surface area contributed by atoms with Gasteiger partial charge in [-0.1, -0.05) is 26.7 Å². The molecule has 2 nitrogen and oxygen atoms in total. The lowest BCUT2D eigenvalue weighted by Crippen LogP contribution is -2.35. The van der Waals surface area contributed by atoms with E-state index in [1.807, 2.05) is 0 Å². The molecule has 2 fully saturated rings. The summed E-state index contributed by atoms with van der Waals surface area (Å²) in [5.74, 6) is 1.04. The molecule has 88 valence electrons. The molecule has 2 rings (SSSR count). The van der Waals surface area contributed by atoms with E-state index in [1.54, 1.807) is 0 Å². The number of piperidine rings is 1. The second-order valence-electron chi connectivity index (χ2n) is 5.29. The molecule has 1 aliphatic carbocycles. The first-order valence-electron chi connectivity index (χ1n) is 6.68. The molecule has 0 radical (unpaired) electrons. The third-order valence-corrected chi connectivity index (χ3v) is 4.34. The number of hydrogen-bond acceptors (Lipinski definition) is 2. The van der Waals surface area contributed by atoms with Crippen LogP contribution in [0, 0.1) is 11.3 Å². The third-order valence-electron chi connectivity index (χ3n) is 4.34. The number of rotatable bonds is 5. The molecule has 0 aromatic rings. The fourth-order valence-corrected chi connectivity index (χ4v) is 3.02. The number of nitrogens with zero attached hydrogens (tertiary/aromatic N) is 1. The van der Waals surface area contributed by atoms with Crippen molar-refractivity contribution in [2.45, 2.75) is 52.4 Å². The molecule has 15 heavy (non-hydrogen) atoms. The fourth-order valence-electron chi connectivity index (χ4n) is 3.02. The van der Waals surface area contributed by atoms with Gasteiger partial charge in [0.25, 0.3) is 0 Å². The normalized spacial score (nSPS) is 29.6. The topological polar surface area (TPSA) is 12.5 Å².